The molecule has 0 saturated carbocycles. The van der Waals surface area contributed by atoms with Gasteiger partial charge in [-0.2, -0.15) is 0 Å². The molecule has 0 radical (unpaired) electrons. The van der Waals surface area contributed by atoms with Crippen molar-refractivity contribution in [1.82, 2.24) is 9.80 Å². The van der Waals surface area contributed by atoms with Gasteiger partial charge in [-0.05, 0) is 36.6 Å². The minimum Gasteiger partial charge on any atom is -0.448 e. The van der Waals surface area contributed by atoms with Gasteiger partial charge >= 0.3 is 0 Å². The zero-order chi connectivity index (χ0) is 15.7. The molecule has 2 fully saturated rings. The fourth-order valence-corrected chi connectivity index (χ4v) is 4.68. The number of nitrogens with zero attached hydrogens (tertiary/aromatic N) is 2. The van der Waals surface area contributed by atoms with Crippen molar-refractivity contribution in [2.45, 2.75) is 24.3 Å². The smallest absolute Gasteiger partial charge is 0.237 e. The third-order valence-corrected chi connectivity index (χ3v) is 6.20. The lowest BCUT2D eigenvalue weighted by Gasteiger charge is -2.43. The molecule has 0 aromatic carbocycles. The molecule has 22 heavy (non-hydrogen) atoms. The van der Waals surface area contributed by atoms with Gasteiger partial charge in [-0.25, -0.2) is 0 Å². The fourth-order valence-electron chi connectivity index (χ4n) is 3.01. The summed E-state index contributed by atoms with van der Waals surface area (Å²) in [6.45, 7) is 1.67. The number of halogens is 2. The van der Waals surface area contributed by atoms with E-state index in [0.29, 0.717) is 36.4 Å². The quantitative estimate of drug-likeness (QED) is 0.775. The van der Waals surface area contributed by atoms with Crippen LogP contribution in [-0.2, 0) is 16.1 Å². The molecular weight excluding hydrogens is 347 g/mol. The molecule has 120 valence electrons. The minimum atomic E-state index is -0.251. The Morgan fingerprint density at radius 3 is 2.68 bits per heavy atom. The van der Waals surface area contributed by atoms with Crippen LogP contribution in [0.5, 0.6) is 0 Å². The van der Waals surface area contributed by atoms with Gasteiger partial charge in [0, 0.05) is 13.1 Å². The van der Waals surface area contributed by atoms with Crippen LogP contribution >= 0.6 is 35.0 Å². The van der Waals surface area contributed by atoms with Gasteiger partial charge in [0.25, 0.3) is 0 Å². The van der Waals surface area contributed by atoms with E-state index in [1.165, 1.54) is 0 Å². The molecule has 0 aliphatic carbocycles. The van der Waals surface area contributed by atoms with Gasteiger partial charge < -0.3 is 14.2 Å². The Bertz CT molecular complexity index is 584. The van der Waals surface area contributed by atoms with E-state index in [2.05, 4.69) is 0 Å². The van der Waals surface area contributed by atoms with Gasteiger partial charge in [-0.1, -0.05) is 0 Å². The Kier molecular flexibility index (Phi) is 4.61. The topological polar surface area (TPSA) is 53.8 Å². The van der Waals surface area contributed by atoms with Gasteiger partial charge in [0.05, 0.1) is 17.2 Å². The Balaban J connectivity index is 1.72. The van der Waals surface area contributed by atoms with Crippen LogP contribution in [0.4, 0.5) is 0 Å². The molecule has 2 aliphatic heterocycles. The molecule has 8 heteroatoms. The highest BCUT2D eigenvalue weighted by Crippen LogP contribution is 2.45. The number of hydrogen-bond acceptors (Lipinski definition) is 4. The van der Waals surface area contributed by atoms with E-state index < -0.39 is 0 Å². The number of rotatable bonds is 3. The summed E-state index contributed by atoms with van der Waals surface area (Å²) >= 11 is 13.1. The standard InChI is InChI=1S/C14H16Cl2N2O3S/c15-7-12(19)17-5-3-14(4-6-17)18(13(20)9-22-14)8-10-1-2-11(16)21-10/h1-2H,3-9H2. The van der Waals surface area contributed by atoms with Crippen molar-refractivity contribution in [3.63, 3.8) is 0 Å². The maximum absolute atomic E-state index is 12.3. The first-order valence-electron chi connectivity index (χ1n) is 7.06. The number of carbonyl (C=O) groups is 2. The molecule has 0 atom stereocenters. The number of alkyl halides is 1. The van der Waals surface area contributed by atoms with Gasteiger partial charge in [-0.3, -0.25) is 9.59 Å². The van der Waals surface area contributed by atoms with Gasteiger partial charge in [0.15, 0.2) is 5.22 Å². The number of furan rings is 1. The van der Waals surface area contributed by atoms with Crippen LogP contribution in [0.25, 0.3) is 0 Å². The van der Waals surface area contributed by atoms with Crippen molar-refractivity contribution in [2.24, 2.45) is 0 Å². The van der Waals surface area contributed by atoms with Crippen LogP contribution in [0, 0.1) is 0 Å². The molecule has 2 amide bonds. The van der Waals surface area contributed by atoms with E-state index in [4.69, 9.17) is 27.6 Å². The maximum Gasteiger partial charge on any atom is 0.237 e. The lowest BCUT2D eigenvalue weighted by molar-refractivity contribution is -0.134. The van der Waals surface area contributed by atoms with Gasteiger partial charge in [0.1, 0.15) is 11.6 Å². The van der Waals surface area contributed by atoms with E-state index in [0.717, 1.165) is 12.8 Å². The van der Waals surface area contributed by atoms with Crippen molar-refractivity contribution in [3.05, 3.63) is 23.1 Å². The van der Waals surface area contributed by atoms with Crippen LogP contribution in [0.3, 0.4) is 0 Å². The molecule has 0 unspecified atom stereocenters. The van der Waals surface area contributed by atoms with Crippen molar-refractivity contribution in [2.75, 3.05) is 24.7 Å². The largest absolute Gasteiger partial charge is 0.448 e. The van der Waals surface area contributed by atoms with Crippen LogP contribution < -0.4 is 0 Å². The second kappa shape index (κ2) is 6.34. The summed E-state index contributed by atoms with van der Waals surface area (Å²) in [5.74, 6) is 1.22. The summed E-state index contributed by atoms with van der Waals surface area (Å²) in [6, 6.07) is 3.47. The highest BCUT2D eigenvalue weighted by molar-refractivity contribution is 8.01. The number of amides is 2. The molecule has 0 N–H and O–H groups in total. The van der Waals surface area contributed by atoms with Gasteiger partial charge in [0.2, 0.25) is 11.8 Å². The average molecular weight is 363 g/mol. The molecule has 3 heterocycles. The van der Waals surface area contributed by atoms with Crippen LogP contribution in [-0.4, -0.2) is 51.2 Å². The number of hydrogen-bond donors (Lipinski definition) is 0. The molecule has 2 aliphatic rings. The van der Waals surface area contributed by atoms with Crippen molar-refractivity contribution >= 4 is 46.8 Å². The number of thioether (sulfide) groups is 1. The summed E-state index contributed by atoms with van der Waals surface area (Å²) in [4.78, 5) is 27.3. The molecule has 1 aromatic heterocycles. The van der Waals surface area contributed by atoms with Crippen LogP contribution in [0.15, 0.2) is 16.5 Å². The summed E-state index contributed by atoms with van der Waals surface area (Å²) in [5, 5.41) is 0.325. The summed E-state index contributed by atoms with van der Waals surface area (Å²) in [6.07, 6.45) is 1.50. The third-order valence-electron chi connectivity index (χ3n) is 4.21. The lowest BCUT2D eigenvalue weighted by Crippen LogP contribution is -2.52. The zero-order valence-electron chi connectivity index (χ0n) is 11.9. The highest BCUT2D eigenvalue weighted by Gasteiger charge is 2.48. The Hall–Kier alpha value is -0.850. The molecule has 1 spiro atoms. The van der Waals surface area contributed by atoms with Crippen LogP contribution in [0.1, 0.15) is 18.6 Å². The summed E-state index contributed by atoms with van der Waals surface area (Å²) in [5.41, 5.74) is 0. The number of likely N-dealkylation sites (tertiary alicyclic amines) is 1. The molecule has 1 aromatic rings. The normalized spacial score (nSPS) is 20.9. The lowest BCUT2D eigenvalue weighted by atomic mass is 10.0. The third kappa shape index (κ3) is 2.96. The van der Waals surface area contributed by atoms with Crippen molar-refractivity contribution in [3.8, 4) is 0 Å². The average Bonchev–Trinajstić information content (AvgIpc) is 3.06. The summed E-state index contributed by atoms with van der Waals surface area (Å²) in [7, 11) is 0. The molecular formula is C14H16Cl2N2O3S. The minimum absolute atomic E-state index is 0.00762. The molecule has 2 saturated heterocycles. The van der Waals surface area contributed by atoms with Crippen LogP contribution in [0.2, 0.25) is 5.22 Å². The first-order chi connectivity index (χ1) is 10.5. The van der Waals surface area contributed by atoms with E-state index in [9.17, 15) is 9.59 Å². The van der Waals surface area contributed by atoms with Crippen molar-refractivity contribution in [1.29, 1.82) is 0 Å². The second-order valence-corrected chi connectivity index (χ2v) is 7.41. The monoisotopic (exact) mass is 362 g/mol. The van der Waals surface area contributed by atoms with Crippen molar-refractivity contribution < 1.29 is 14.0 Å². The van der Waals surface area contributed by atoms with E-state index in [1.54, 1.807) is 28.8 Å². The first kappa shape index (κ1) is 16.0. The van der Waals surface area contributed by atoms with E-state index in [1.807, 2.05) is 4.90 Å². The Morgan fingerprint density at radius 1 is 1.36 bits per heavy atom. The number of carbonyl (C=O) groups excluding carboxylic acids is 2. The predicted octanol–water partition coefficient (Wildman–Crippen LogP) is 2.57. The zero-order valence-corrected chi connectivity index (χ0v) is 14.2. The second-order valence-electron chi connectivity index (χ2n) is 5.43. The molecule has 5 nitrogen and oxygen atoms in total. The molecule has 0 bridgehead atoms. The SMILES string of the molecule is O=C(CCl)N1CCC2(CC1)SCC(=O)N2Cc1ccc(Cl)o1. The highest BCUT2D eigenvalue weighted by atomic mass is 35.5. The van der Waals surface area contributed by atoms with Gasteiger partial charge in [-0.15, -0.1) is 23.4 Å². The maximum atomic E-state index is 12.3. The Morgan fingerprint density at radius 2 is 2.09 bits per heavy atom. The number of piperidine rings is 1. The fraction of sp³-hybridized carbons (Fsp3) is 0.571. The first-order valence-corrected chi connectivity index (χ1v) is 8.96. The Labute approximate surface area is 142 Å². The predicted molar refractivity (Wildman–Crippen MR) is 86.0 cm³/mol. The molecule has 3 rings (SSSR count). The summed E-state index contributed by atoms with van der Waals surface area (Å²) < 4.78 is 5.38. The van der Waals surface area contributed by atoms with E-state index >= 15 is 0 Å². The van der Waals surface area contributed by atoms with E-state index in [-0.39, 0.29) is 22.6 Å².